The van der Waals surface area contributed by atoms with E-state index < -0.39 is 0 Å². The predicted octanol–water partition coefficient (Wildman–Crippen LogP) is 3.96. The fourth-order valence-electron chi connectivity index (χ4n) is 3.16. The van der Waals surface area contributed by atoms with Crippen molar-refractivity contribution in [3.05, 3.63) is 35.9 Å². The molecule has 124 valence electrons. The van der Waals surface area contributed by atoms with E-state index in [4.69, 9.17) is 0 Å². The molecule has 1 aromatic carbocycles. The molecule has 0 aliphatic carbocycles. The maximum absolute atomic E-state index is 4.45. The molecule has 0 spiro atoms. The molecule has 0 radical (unpaired) electrons. The SMILES string of the molecule is CN=C(NCC(C)C)N1CCC(c2ccccc2)C(C)C1.I. The van der Waals surface area contributed by atoms with E-state index in [9.17, 15) is 0 Å². The zero-order valence-corrected chi connectivity index (χ0v) is 16.6. The molecular weight excluding hydrogens is 385 g/mol. The Bertz CT molecular complexity index is 459. The Hall–Kier alpha value is -0.780. The average Bonchev–Trinajstić information content (AvgIpc) is 2.48. The van der Waals surface area contributed by atoms with Crippen LogP contribution in [-0.4, -0.2) is 37.5 Å². The van der Waals surface area contributed by atoms with Crippen LogP contribution in [0.5, 0.6) is 0 Å². The summed E-state index contributed by atoms with van der Waals surface area (Å²) >= 11 is 0. The summed E-state index contributed by atoms with van der Waals surface area (Å²) in [6, 6.07) is 10.9. The molecule has 1 N–H and O–H groups in total. The van der Waals surface area contributed by atoms with Crippen molar-refractivity contribution in [3.63, 3.8) is 0 Å². The van der Waals surface area contributed by atoms with Gasteiger partial charge in [0.05, 0.1) is 0 Å². The topological polar surface area (TPSA) is 27.6 Å². The molecule has 1 aliphatic heterocycles. The number of benzene rings is 1. The lowest BCUT2D eigenvalue weighted by Crippen LogP contribution is -2.48. The first-order chi connectivity index (χ1) is 10.1. The van der Waals surface area contributed by atoms with Crippen molar-refractivity contribution in [1.29, 1.82) is 0 Å². The van der Waals surface area contributed by atoms with Gasteiger partial charge >= 0.3 is 0 Å². The van der Waals surface area contributed by atoms with Crippen LogP contribution in [0.15, 0.2) is 35.3 Å². The minimum Gasteiger partial charge on any atom is -0.356 e. The van der Waals surface area contributed by atoms with Crippen molar-refractivity contribution in [2.75, 3.05) is 26.7 Å². The van der Waals surface area contributed by atoms with Crippen LogP contribution in [-0.2, 0) is 0 Å². The van der Waals surface area contributed by atoms with Crippen LogP contribution in [0.4, 0.5) is 0 Å². The zero-order valence-electron chi connectivity index (χ0n) is 14.2. The molecule has 1 fully saturated rings. The third-order valence-corrected chi connectivity index (χ3v) is 4.31. The highest BCUT2D eigenvalue weighted by Gasteiger charge is 2.28. The van der Waals surface area contributed by atoms with E-state index in [1.165, 1.54) is 12.0 Å². The molecule has 0 saturated carbocycles. The summed E-state index contributed by atoms with van der Waals surface area (Å²) in [5.74, 6) is 3.02. The smallest absolute Gasteiger partial charge is 0.193 e. The standard InChI is InChI=1S/C18H29N3.HI/c1-14(2)12-20-18(19-4)21-11-10-17(15(3)13-21)16-8-6-5-7-9-16;/h5-9,14-15,17H,10-13H2,1-4H3,(H,19,20);1H. The van der Waals surface area contributed by atoms with E-state index in [0.29, 0.717) is 17.8 Å². The summed E-state index contributed by atoms with van der Waals surface area (Å²) in [6.45, 7) is 9.97. The summed E-state index contributed by atoms with van der Waals surface area (Å²) in [7, 11) is 1.89. The first-order valence-electron chi connectivity index (χ1n) is 8.12. The number of piperidine rings is 1. The van der Waals surface area contributed by atoms with Gasteiger partial charge in [-0.1, -0.05) is 51.1 Å². The Morgan fingerprint density at radius 1 is 1.32 bits per heavy atom. The van der Waals surface area contributed by atoms with Gasteiger partial charge in [0.1, 0.15) is 0 Å². The Morgan fingerprint density at radius 3 is 2.55 bits per heavy atom. The number of nitrogens with zero attached hydrogens (tertiary/aromatic N) is 2. The quantitative estimate of drug-likeness (QED) is 0.460. The predicted molar refractivity (Wildman–Crippen MR) is 106 cm³/mol. The van der Waals surface area contributed by atoms with E-state index in [2.05, 4.69) is 66.3 Å². The van der Waals surface area contributed by atoms with Gasteiger partial charge in [0, 0.05) is 26.7 Å². The van der Waals surface area contributed by atoms with Gasteiger partial charge in [-0.2, -0.15) is 0 Å². The van der Waals surface area contributed by atoms with Gasteiger partial charge in [-0.25, -0.2) is 0 Å². The second kappa shape index (κ2) is 9.38. The first kappa shape index (κ1) is 19.3. The number of nitrogens with one attached hydrogen (secondary N) is 1. The molecule has 1 aliphatic rings. The summed E-state index contributed by atoms with van der Waals surface area (Å²) in [4.78, 5) is 6.86. The van der Waals surface area contributed by atoms with E-state index in [1.807, 2.05) is 7.05 Å². The highest BCUT2D eigenvalue weighted by Crippen LogP contribution is 2.32. The Balaban J connectivity index is 0.00000242. The molecule has 2 unspecified atom stereocenters. The third-order valence-electron chi connectivity index (χ3n) is 4.31. The lowest BCUT2D eigenvalue weighted by atomic mass is 9.82. The van der Waals surface area contributed by atoms with Crippen LogP contribution in [0.1, 0.15) is 38.7 Å². The number of rotatable bonds is 3. The zero-order chi connectivity index (χ0) is 15.2. The van der Waals surface area contributed by atoms with Gasteiger partial charge in [-0.3, -0.25) is 4.99 Å². The number of guanidine groups is 1. The minimum absolute atomic E-state index is 0. The molecule has 0 amide bonds. The van der Waals surface area contributed by atoms with Crippen LogP contribution in [0.3, 0.4) is 0 Å². The van der Waals surface area contributed by atoms with Crippen LogP contribution >= 0.6 is 24.0 Å². The van der Waals surface area contributed by atoms with E-state index in [0.717, 1.165) is 25.6 Å². The van der Waals surface area contributed by atoms with Crippen molar-refractivity contribution in [3.8, 4) is 0 Å². The molecule has 0 bridgehead atoms. The summed E-state index contributed by atoms with van der Waals surface area (Å²) in [6.07, 6.45) is 1.20. The first-order valence-corrected chi connectivity index (χ1v) is 8.12. The lowest BCUT2D eigenvalue weighted by Gasteiger charge is -2.39. The minimum atomic E-state index is 0. The Morgan fingerprint density at radius 2 is 2.00 bits per heavy atom. The van der Waals surface area contributed by atoms with E-state index >= 15 is 0 Å². The molecule has 1 aromatic rings. The molecule has 2 rings (SSSR count). The van der Waals surface area contributed by atoms with Gasteiger partial charge in [-0.15, -0.1) is 24.0 Å². The lowest BCUT2D eigenvalue weighted by molar-refractivity contribution is 0.234. The van der Waals surface area contributed by atoms with Crippen molar-refractivity contribution in [2.45, 2.75) is 33.1 Å². The van der Waals surface area contributed by atoms with Crippen LogP contribution in [0, 0.1) is 11.8 Å². The monoisotopic (exact) mass is 415 g/mol. The van der Waals surface area contributed by atoms with Gasteiger partial charge in [0.15, 0.2) is 5.96 Å². The maximum atomic E-state index is 4.45. The molecule has 22 heavy (non-hydrogen) atoms. The van der Waals surface area contributed by atoms with E-state index in [-0.39, 0.29) is 24.0 Å². The number of hydrogen-bond donors (Lipinski definition) is 1. The van der Waals surface area contributed by atoms with Crippen molar-refractivity contribution >= 4 is 29.9 Å². The van der Waals surface area contributed by atoms with Gasteiger partial charge < -0.3 is 10.2 Å². The van der Waals surface area contributed by atoms with Gasteiger partial charge in [0.2, 0.25) is 0 Å². The fourth-order valence-corrected chi connectivity index (χ4v) is 3.16. The third kappa shape index (κ3) is 5.14. The fraction of sp³-hybridized carbons (Fsp3) is 0.611. The largest absolute Gasteiger partial charge is 0.356 e. The molecule has 1 heterocycles. The highest BCUT2D eigenvalue weighted by molar-refractivity contribution is 14.0. The normalized spacial score (nSPS) is 22.4. The summed E-state index contributed by atoms with van der Waals surface area (Å²) < 4.78 is 0. The highest BCUT2D eigenvalue weighted by atomic mass is 127. The van der Waals surface area contributed by atoms with Gasteiger partial charge in [-0.05, 0) is 29.7 Å². The number of hydrogen-bond acceptors (Lipinski definition) is 1. The summed E-state index contributed by atoms with van der Waals surface area (Å²) in [5.41, 5.74) is 1.48. The molecule has 1 saturated heterocycles. The van der Waals surface area contributed by atoms with Crippen molar-refractivity contribution in [1.82, 2.24) is 10.2 Å². The van der Waals surface area contributed by atoms with Gasteiger partial charge in [0.25, 0.3) is 0 Å². The number of aliphatic imine (C=N–C) groups is 1. The van der Waals surface area contributed by atoms with Crippen LogP contribution < -0.4 is 5.32 Å². The number of halogens is 1. The maximum Gasteiger partial charge on any atom is 0.193 e. The average molecular weight is 415 g/mol. The molecule has 0 aromatic heterocycles. The number of likely N-dealkylation sites (tertiary alicyclic amines) is 1. The molecular formula is C18H30IN3. The van der Waals surface area contributed by atoms with E-state index in [1.54, 1.807) is 0 Å². The molecule has 4 heteroatoms. The van der Waals surface area contributed by atoms with Crippen molar-refractivity contribution < 1.29 is 0 Å². The van der Waals surface area contributed by atoms with Crippen LogP contribution in [0.25, 0.3) is 0 Å². The van der Waals surface area contributed by atoms with Crippen molar-refractivity contribution in [2.24, 2.45) is 16.8 Å². The second-order valence-corrected chi connectivity index (χ2v) is 6.55. The molecule has 2 atom stereocenters. The Labute approximate surface area is 152 Å². The Kier molecular flexibility index (Phi) is 8.21. The second-order valence-electron chi connectivity index (χ2n) is 6.55. The van der Waals surface area contributed by atoms with Crippen LogP contribution in [0.2, 0.25) is 0 Å². The molecule has 3 nitrogen and oxygen atoms in total. The summed E-state index contributed by atoms with van der Waals surface area (Å²) in [5, 5.41) is 3.49.